The summed E-state index contributed by atoms with van der Waals surface area (Å²) in [4.78, 5) is 28.1. The Morgan fingerprint density at radius 1 is 1.14 bits per heavy atom. The van der Waals surface area contributed by atoms with Gasteiger partial charge in [0.05, 0.1) is 17.9 Å². The van der Waals surface area contributed by atoms with Crippen molar-refractivity contribution in [1.29, 1.82) is 0 Å². The third-order valence-electron chi connectivity index (χ3n) is 11.4. The Kier molecular flexibility index (Phi) is 9.37. The smallest absolute Gasteiger partial charge is 0.337 e. The molecule has 2 fully saturated rings. The van der Waals surface area contributed by atoms with Gasteiger partial charge in [0, 0.05) is 64.7 Å². The Morgan fingerprint density at radius 2 is 1.84 bits per heavy atom. The Morgan fingerprint density at radius 3 is 2.49 bits per heavy atom. The Labute approximate surface area is 300 Å². The summed E-state index contributed by atoms with van der Waals surface area (Å²) in [5.41, 5.74) is 5.77. The van der Waals surface area contributed by atoms with Crippen molar-refractivity contribution >= 4 is 22.8 Å². The van der Waals surface area contributed by atoms with Gasteiger partial charge in [0.2, 0.25) is 0 Å². The molecule has 272 valence electrons. The first-order valence-corrected chi connectivity index (χ1v) is 18.7. The van der Waals surface area contributed by atoms with Gasteiger partial charge in [0.15, 0.2) is 17.7 Å². The lowest BCUT2D eigenvalue weighted by molar-refractivity contribution is -0.160. The van der Waals surface area contributed by atoms with Gasteiger partial charge in [-0.05, 0) is 122 Å². The number of hydrogen-bond acceptors (Lipinski definition) is 7. The van der Waals surface area contributed by atoms with Crippen LogP contribution in [-0.2, 0) is 23.0 Å². The van der Waals surface area contributed by atoms with E-state index in [1.165, 1.54) is 18.9 Å². The van der Waals surface area contributed by atoms with Crippen molar-refractivity contribution in [3.8, 4) is 28.1 Å². The van der Waals surface area contributed by atoms with Crippen molar-refractivity contribution < 1.29 is 23.8 Å². The normalized spacial score (nSPS) is 20.9. The second kappa shape index (κ2) is 13.5. The minimum atomic E-state index is -1.32. The summed E-state index contributed by atoms with van der Waals surface area (Å²) in [5, 5.41) is 11.4. The number of carboxylic acid groups (broad SMARTS) is 1. The van der Waals surface area contributed by atoms with Gasteiger partial charge in [-0.1, -0.05) is 13.8 Å². The quantitative estimate of drug-likeness (QED) is 0.187. The predicted molar refractivity (Wildman–Crippen MR) is 199 cm³/mol. The highest BCUT2D eigenvalue weighted by Gasteiger charge is 2.43. The fourth-order valence-corrected chi connectivity index (χ4v) is 9.13. The zero-order valence-electron chi connectivity index (χ0n) is 31.3. The molecule has 0 saturated carbocycles. The van der Waals surface area contributed by atoms with Gasteiger partial charge < -0.3 is 28.9 Å². The van der Waals surface area contributed by atoms with Crippen LogP contribution in [0.4, 0.5) is 10.2 Å². The summed E-state index contributed by atoms with van der Waals surface area (Å²) in [6, 6.07) is 9.33. The number of benzene rings is 1. The summed E-state index contributed by atoms with van der Waals surface area (Å²) < 4.78 is 30.0. The third kappa shape index (κ3) is 6.28. The molecule has 0 radical (unpaired) electrons. The van der Waals surface area contributed by atoms with E-state index in [-0.39, 0.29) is 0 Å². The molecule has 4 aromatic rings. The van der Waals surface area contributed by atoms with Crippen molar-refractivity contribution in [3.05, 3.63) is 58.7 Å². The lowest BCUT2D eigenvalue weighted by Gasteiger charge is -2.43. The van der Waals surface area contributed by atoms with Crippen molar-refractivity contribution in [1.82, 2.24) is 19.4 Å². The number of hydrogen-bond donors (Lipinski definition) is 1. The lowest BCUT2D eigenvalue weighted by atomic mass is 9.86. The number of carboxylic acids is 1. The number of aliphatic carboxylic acids is 1. The van der Waals surface area contributed by atoms with Crippen molar-refractivity contribution in [2.45, 2.75) is 117 Å². The molecule has 1 N–H and O–H groups in total. The molecule has 9 nitrogen and oxygen atoms in total. The molecule has 0 spiro atoms. The number of anilines is 1. The van der Waals surface area contributed by atoms with Crippen LogP contribution in [0.1, 0.15) is 95.2 Å². The average Bonchev–Trinajstić information content (AvgIpc) is 3.56. The number of rotatable bonds is 9. The molecular weight excluding hydrogens is 645 g/mol. The number of aromatic nitrogens is 3. The van der Waals surface area contributed by atoms with Crippen LogP contribution in [0.3, 0.4) is 0 Å². The van der Waals surface area contributed by atoms with E-state index in [9.17, 15) is 9.90 Å². The molecule has 0 aliphatic carbocycles. The molecule has 7 rings (SSSR count). The van der Waals surface area contributed by atoms with Crippen LogP contribution in [0.25, 0.3) is 33.4 Å². The number of halogens is 1. The zero-order chi connectivity index (χ0) is 36.4. The molecule has 4 atom stereocenters. The number of pyridine rings is 2. The van der Waals surface area contributed by atoms with Crippen molar-refractivity contribution in [2.24, 2.45) is 7.05 Å². The highest BCUT2D eigenvalue weighted by molar-refractivity contribution is 6.01. The topological polar surface area (TPSA) is 93.0 Å². The molecule has 3 aromatic heterocycles. The predicted octanol–water partition coefficient (Wildman–Crippen LogP) is 8.17. The Bertz CT molecular complexity index is 1970. The van der Waals surface area contributed by atoms with Gasteiger partial charge in [-0.2, -0.15) is 0 Å². The lowest BCUT2D eigenvalue weighted by Crippen LogP contribution is -2.50. The van der Waals surface area contributed by atoms with E-state index in [0.29, 0.717) is 64.9 Å². The van der Waals surface area contributed by atoms with Crippen LogP contribution >= 0.6 is 0 Å². The molecule has 3 aliphatic rings. The van der Waals surface area contributed by atoms with Crippen LogP contribution in [0.5, 0.6) is 5.75 Å². The molecule has 6 heterocycles. The van der Waals surface area contributed by atoms with Gasteiger partial charge in [0.1, 0.15) is 11.5 Å². The van der Waals surface area contributed by atoms with E-state index in [0.717, 1.165) is 65.9 Å². The van der Waals surface area contributed by atoms with Gasteiger partial charge >= 0.3 is 5.97 Å². The van der Waals surface area contributed by atoms with Crippen LogP contribution in [0.15, 0.2) is 30.5 Å². The number of aryl methyl sites for hydroxylation is 2. The monoisotopic (exact) mass is 697 g/mol. The number of nitrogens with zero attached hydrogens (tertiary/aromatic N) is 5. The first-order valence-electron chi connectivity index (χ1n) is 18.7. The number of piperidine rings is 1. The number of ether oxygens (including phenoxy) is 2. The molecule has 0 amide bonds. The maximum Gasteiger partial charge on any atom is 0.337 e. The molecule has 10 heteroatoms. The van der Waals surface area contributed by atoms with Crippen molar-refractivity contribution in [3.63, 3.8) is 0 Å². The first kappa shape index (κ1) is 35.4. The second-order valence-electron chi connectivity index (χ2n) is 15.6. The molecule has 1 unspecified atom stereocenters. The summed E-state index contributed by atoms with van der Waals surface area (Å²) in [5.74, 6) is -0.286. The van der Waals surface area contributed by atoms with Crippen LogP contribution in [0, 0.1) is 19.7 Å². The van der Waals surface area contributed by atoms with Gasteiger partial charge in [-0.3, -0.25) is 0 Å². The summed E-state index contributed by atoms with van der Waals surface area (Å²) >= 11 is 0. The highest BCUT2D eigenvalue weighted by atomic mass is 19.1. The number of fused-ring (bicyclic) bond motifs is 4. The third-order valence-corrected chi connectivity index (χ3v) is 11.4. The van der Waals surface area contributed by atoms with E-state index >= 15 is 4.39 Å². The molecule has 51 heavy (non-hydrogen) atoms. The molecular formula is C41H52FN5O4. The summed E-state index contributed by atoms with van der Waals surface area (Å²) in [6.07, 6.45) is 6.70. The second-order valence-corrected chi connectivity index (χ2v) is 15.6. The fraction of sp³-hybridized carbons (Fsp3) is 0.537. The zero-order valence-corrected chi connectivity index (χ0v) is 31.3. The van der Waals surface area contributed by atoms with E-state index in [1.54, 1.807) is 0 Å². The minimum absolute atomic E-state index is 0.292. The van der Waals surface area contributed by atoms with Crippen molar-refractivity contribution in [2.75, 3.05) is 24.6 Å². The average molecular weight is 698 g/mol. The standard InChI is InChI=1S/C41H52FN5O4/c1-9-46(10-2)28-19-26-13-14-27(20-28)47(26)34-18-25(15-16-43-34)33-22-31-36(30-21-32(42)37-29(23(30)3)12-11-17-50-37)35(24(4)44-39(31)45(33)8)38(40(48)49)51-41(5,6)7/h15-16,18,21-22,26-28,38H,9-14,17,19-20H2,1-8H3,(H,48,49)/t26-,27+,28?,38-/m0/s1. The highest BCUT2D eigenvalue weighted by Crippen LogP contribution is 2.46. The fourth-order valence-electron chi connectivity index (χ4n) is 9.13. The first-order chi connectivity index (χ1) is 24.3. The van der Waals surface area contributed by atoms with Crippen LogP contribution < -0.4 is 9.64 Å². The number of carbonyl (C=O) groups is 1. The minimum Gasteiger partial charge on any atom is -0.490 e. The molecule has 1 aromatic carbocycles. The Hall–Kier alpha value is -4.02. The summed E-state index contributed by atoms with van der Waals surface area (Å²) in [7, 11) is 1.99. The molecule has 2 bridgehead atoms. The van der Waals surface area contributed by atoms with Gasteiger partial charge in [-0.25, -0.2) is 19.2 Å². The van der Waals surface area contributed by atoms with Gasteiger partial charge in [-0.15, -0.1) is 0 Å². The van der Waals surface area contributed by atoms with E-state index in [2.05, 4.69) is 40.3 Å². The SMILES string of the molecule is CCN(CC)C1C[C@H]2CC[C@@H](C1)N2c1cc(-c2cc3c(-c4cc(F)c5c(c4C)CCCO5)c([C@H](OC(C)(C)C)C(=O)O)c(C)nc3n2C)ccn1. The van der Waals surface area contributed by atoms with Crippen LogP contribution in [-0.4, -0.2) is 73.9 Å². The Balaban J connectivity index is 1.39. The maximum atomic E-state index is 15.9. The molecule has 3 aliphatic heterocycles. The van der Waals surface area contributed by atoms with E-state index in [4.69, 9.17) is 19.4 Å². The largest absolute Gasteiger partial charge is 0.490 e. The van der Waals surface area contributed by atoms with E-state index < -0.39 is 23.5 Å². The van der Waals surface area contributed by atoms with Crippen LogP contribution in [0.2, 0.25) is 0 Å². The van der Waals surface area contributed by atoms with Gasteiger partial charge in [0.25, 0.3) is 0 Å². The maximum absolute atomic E-state index is 15.9. The van der Waals surface area contributed by atoms with E-state index in [1.807, 2.05) is 53.9 Å². The summed E-state index contributed by atoms with van der Waals surface area (Å²) in [6.45, 7) is 16.5. The molecule has 2 saturated heterocycles.